The average Bonchev–Trinajstić information content (AvgIpc) is 2.04. The third-order valence-corrected chi connectivity index (χ3v) is 1.60. The summed E-state index contributed by atoms with van der Waals surface area (Å²) in [6.45, 7) is 0. The largest absolute Gasteiger partial charge is 0.303 e. The molecule has 62 valence electrons. The summed E-state index contributed by atoms with van der Waals surface area (Å²) in [4.78, 5) is 11.1. The van der Waals surface area contributed by atoms with Crippen molar-refractivity contribution in [2.45, 2.75) is 0 Å². The molecule has 1 aliphatic rings. The van der Waals surface area contributed by atoms with Gasteiger partial charge in [0.05, 0.1) is 11.3 Å². The van der Waals surface area contributed by atoms with E-state index in [1.165, 1.54) is 18.2 Å². The number of carbonyl (C=O) groups is 1. The lowest BCUT2D eigenvalue weighted by atomic mass is 10.1. The minimum absolute atomic E-state index is 0.274. The number of anilines is 1. The summed E-state index contributed by atoms with van der Waals surface area (Å²) in [7, 11) is 0. The smallest absolute Gasteiger partial charge is 0.268 e. The van der Waals surface area contributed by atoms with Crippen LogP contribution >= 0.6 is 0 Å². The summed E-state index contributed by atoms with van der Waals surface area (Å²) in [5, 5.41) is 0. The summed E-state index contributed by atoms with van der Waals surface area (Å²) in [6, 6.07) is 3.92. The van der Waals surface area contributed by atoms with Gasteiger partial charge in [0.25, 0.3) is 5.91 Å². The van der Waals surface area contributed by atoms with Crippen molar-refractivity contribution in [3.63, 3.8) is 0 Å². The van der Waals surface area contributed by atoms with E-state index in [1.54, 1.807) is 0 Å². The highest BCUT2D eigenvalue weighted by atomic mass is 19.1. The van der Waals surface area contributed by atoms with Gasteiger partial charge in [-0.2, -0.15) is 0 Å². The zero-order chi connectivity index (χ0) is 8.55. The molecule has 0 fully saturated rings. The molecule has 0 aliphatic carbocycles. The molecule has 0 saturated carbocycles. The van der Waals surface area contributed by atoms with Crippen LogP contribution in [0.15, 0.2) is 18.2 Å². The van der Waals surface area contributed by atoms with Crippen molar-refractivity contribution >= 4 is 11.6 Å². The van der Waals surface area contributed by atoms with E-state index in [9.17, 15) is 9.18 Å². The average molecular weight is 167 g/mol. The fraction of sp³-hybridized carbons (Fsp3) is 0. The second-order valence-corrected chi connectivity index (χ2v) is 2.39. The van der Waals surface area contributed by atoms with Gasteiger partial charge >= 0.3 is 0 Å². The van der Waals surface area contributed by atoms with Crippen LogP contribution < -0.4 is 16.4 Å². The van der Waals surface area contributed by atoms with Gasteiger partial charge in [-0.3, -0.25) is 10.2 Å². The van der Waals surface area contributed by atoms with Crippen molar-refractivity contribution in [2.75, 3.05) is 5.43 Å². The monoisotopic (exact) mass is 167 g/mol. The Kier molecular flexibility index (Phi) is 1.44. The SMILES string of the molecule is O=C1NNNc2cc(F)ccc21. The summed E-state index contributed by atoms with van der Waals surface area (Å²) < 4.78 is 12.6. The number of hydrazine groups is 2. The summed E-state index contributed by atoms with van der Waals surface area (Å²) in [5.74, 6) is -0.651. The minimum Gasteiger partial charge on any atom is -0.303 e. The Bertz CT molecular complexity index is 339. The molecule has 2 rings (SSSR count). The molecule has 1 amide bonds. The van der Waals surface area contributed by atoms with Gasteiger partial charge in [-0.25, -0.2) is 4.39 Å². The van der Waals surface area contributed by atoms with E-state index in [0.29, 0.717) is 11.3 Å². The molecular formula is C7H6FN3O. The van der Waals surface area contributed by atoms with Crippen molar-refractivity contribution in [1.82, 2.24) is 11.0 Å². The molecule has 0 unspecified atom stereocenters. The number of nitrogens with one attached hydrogen (secondary N) is 3. The van der Waals surface area contributed by atoms with Crippen LogP contribution in [0.25, 0.3) is 0 Å². The Hall–Kier alpha value is -1.62. The molecule has 0 aromatic heterocycles. The number of rotatable bonds is 0. The van der Waals surface area contributed by atoms with Crippen LogP contribution in [-0.4, -0.2) is 5.91 Å². The maximum Gasteiger partial charge on any atom is 0.268 e. The van der Waals surface area contributed by atoms with Crippen LogP contribution in [0.4, 0.5) is 10.1 Å². The van der Waals surface area contributed by atoms with Crippen molar-refractivity contribution in [3.8, 4) is 0 Å². The molecule has 4 nitrogen and oxygen atoms in total. The van der Waals surface area contributed by atoms with Gasteiger partial charge in [0.1, 0.15) is 5.82 Å². The molecule has 0 atom stereocenters. The van der Waals surface area contributed by atoms with Crippen molar-refractivity contribution in [1.29, 1.82) is 0 Å². The molecule has 1 aromatic rings. The predicted molar refractivity (Wildman–Crippen MR) is 40.6 cm³/mol. The fourth-order valence-corrected chi connectivity index (χ4v) is 1.04. The molecule has 5 heteroatoms. The molecule has 0 saturated heterocycles. The maximum atomic E-state index is 12.6. The molecular weight excluding hydrogens is 161 g/mol. The van der Waals surface area contributed by atoms with Gasteiger partial charge in [0.15, 0.2) is 0 Å². The highest BCUT2D eigenvalue weighted by molar-refractivity contribution is 6.00. The van der Waals surface area contributed by atoms with Crippen LogP contribution in [-0.2, 0) is 0 Å². The standard InChI is InChI=1S/C7H6FN3O/c8-4-1-2-5-6(3-4)9-11-10-7(5)12/h1-3,9,11H,(H,10,12). The number of amides is 1. The third-order valence-electron chi connectivity index (χ3n) is 1.60. The summed E-state index contributed by atoms with van der Waals surface area (Å²) in [5.41, 5.74) is 8.22. The molecule has 12 heavy (non-hydrogen) atoms. The first kappa shape index (κ1) is 7.05. The van der Waals surface area contributed by atoms with Gasteiger partial charge in [-0.15, -0.1) is 5.53 Å². The molecule has 1 aromatic carbocycles. The number of fused-ring (bicyclic) bond motifs is 1. The number of hydrogen-bond donors (Lipinski definition) is 3. The van der Waals surface area contributed by atoms with E-state index in [1.807, 2.05) is 0 Å². The maximum absolute atomic E-state index is 12.6. The molecule has 1 aliphatic heterocycles. The predicted octanol–water partition coefficient (Wildman–Crippen LogP) is 0.401. The fourth-order valence-electron chi connectivity index (χ4n) is 1.04. The van der Waals surface area contributed by atoms with Gasteiger partial charge in [0, 0.05) is 0 Å². The minimum atomic E-state index is -0.377. The number of halogens is 1. The lowest BCUT2D eigenvalue weighted by Gasteiger charge is -2.18. The van der Waals surface area contributed by atoms with Crippen molar-refractivity contribution < 1.29 is 9.18 Å². The summed E-state index contributed by atoms with van der Waals surface area (Å²) in [6.07, 6.45) is 0. The Morgan fingerprint density at radius 2 is 2.08 bits per heavy atom. The molecule has 0 radical (unpaired) electrons. The quantitative estimate of drug-likeness (QED) is 0.524. The second-order valence-electron chi connectivity index (χ2n) is 2.39. The van der Waals surface area contributed by atoms with E-state index < -0.39 is 0 Å². The lowest BCUT2D eigenvalue weighted by molar-refractivity contribution is 0.0931. The Morgan fingerprint density at radius 1 is 1.25 bits per heavy atom. The topological polar surface area (TPSA) is 53.2 Å². The second kappa shape index (κ2) is 2.46. The number of carbonyl (C=O) groups excluding carboxylic acids is 1. The zero-order valence-electron chi connectivity index (χ0n) is 6.02. The Labute approximate surface area is 67.7 Å². The third kappa shape index (κ3) is 0.998. The van der Waals surface area contributed by atoms with Crippen LogP contribution in [0.1, 0.15) is 10.4 Å². The molecule has 1 heterocycles. The van der Waals surface area contributed by atoms with Gasteiger partial charge in [0.2, 0.25) is 0 Å². The molecule has 0 spiro atoms. The molecule has 3 N–H and O–H groups in total. The van der Waals surface area contributed by atoms with Crippen LogP contribution in [0.5, 0.6) is 0 Å². The van der Waals surface area contributed by atoms with Gasteiger partial charge in [-0.05, 0) is 18.2 Å². The van der Waals surface area contributed by atoms with E-state index >= 15 is 0 Å². The first-order valence-corrected chi connectivity index (χ1v) is 3.38. The number of hydrogen-bond acceptors (Lipinski definition) is 3. The highest BCUT2D eigenvalue weighted by Gasteiger charge is 2.15. The highest BCUT2D eigenvalue weighted by Crippen LogP contribution is 2.17. The van der Waals surface area contributed by atoms with Gasteiger partial charge < -0.3 is 5.43 Å². The van der Waals surface area contributed by atoms with E-state index in [0.717, 1.165) is 0 Å². The Balaban J connectivity index is 2.53. The van der Waals surface area contributed by atoms with E-state index in [-0.39, 0.29) is 11.7 Å². The van der Waals surface area contributed by atoms with Crippen LogP contribution in [0.2, 0.25) is 0 Å². The zero-order valence-corrected chi connectivity index (χ0v) is 6.02. The number of benzene rings is 1. The van der Waals surface area contributed by atoms with Crippen LogP contribution in [0, 0.1) is 5.82 Å². The van der Waals surface area contributed by atoms with Crippen molar-refractivity contribution in [3.05, 3.63) is 29.6 Å². The van der Waals surface area contributed by atoms with Crippen LogP contribution in [0.3, 0.4) is 0 Å². The lowest BCUT2D eigenvalue weighted by Crippen LogP contribution is -2.45. The van der Waals surface area contributed by atoms with Gasteiger partial charge in [-0.1, -0.05) is 0 Å². The van der Waals surface area contributed by atoms with E-state index in [2.05, 4.69) is 16.4 Å². The first-order valence-electron chi connectivity index (χ1n) is 3.38. The Morgan fingerprint density at radius 3 is 2.92 bits per heavy atom. The normalized spacial score (nSPS) is 14.6. The summed E-state index contributed by atoms with van der Waals surface area (Å²) >= 11 is 0. The molecule has 0 bridgehead atoms. The van der Waals surface area contributed by atoms with Crippen molar-refractivity contribution in [2.24, 2.45) is 0 Å². The van der Waals surface area contributed by atoms with E-state index in [4.69, 9.17) is 0 Å². The first-order chi connectivity index (χ1) is 5.77.